The molecule has 2 aliphatic heterocycles. The molecule has 0 saturated carbocycles. The van der Waals surface area contributed by atoms with Crippen molar-refractivity contribution in [3.8, 4) is 5.75 Å². The molecule has 142 valence electrons. The van der Waals surface area contributed by atoms with E-state index in [0.29, 0.717) is 6.42 Å². The first-order chi connectivity index (χ1) is 13.0. The zero-order valence-electron chi connectivity index (χ0n) is 15.2. The quantitative estimate of drug-likeness (QED) is 0.848. The van der Waals surface area contributed by atoms with Crippen molar-refractivity contribution >= 4 is 17.3 Å². The molecule has 0 aliphatic carbocycles. The summed E-state index contributed by atoms with van der Waals surface area (Å²) in [5.74, 6) is -0.00227. The van der Waals surface area contributed by atoms with Gasteiger partial charge in [0, 0.05) is 36.8 Å². The molecule has 27 heavy (non-hydrogen) atoms. The molecule has 2 aliphatic rings. The molecule has 0 spiro atoms. The number of anilines is 2. The van der Waals surface area contributed by atoms with Crippen molar-refractivity contribution in [1.29, 1.82) is 0 Å². The second-order valence-corrected chi connectivity index (χ2v) is 7.12. The van der Waals surface area contributed by atoms with Gasteiger partial charge in [-0.1, -0.05) is 18.2 Å². The van der Waals surface area contributed by atoms with Gasteiger partial charge in [0.2, 0.25) is 5.91 Å². The number of nitrogens with zero attached hydrogens (tertiary/aromatic N) is 1. The van der Waals surface area contributed by atoms with Crippen LogP contribution in [-0.4, -0.2) is 25.6 Å². The minimum Gasteiger partial charge on any atom is -0.435 e. The lowest BCUT2D eigenvalue weighted by atomic mass is 9.83. The predicted molar refractivity (Wildman–Crippen MR) is 101 cm³/mol. The van der Waals surface area contributed by atoms with Crippen LogP contribution < -0.4 is 15.0 Å². The van der Waals surface area contributed by atoms with Gasteiger partial charge < -0.3 is 15.0 Å². The van der Waals surface area contributed by atoms with Crippen LogP contribution in [0.15, 0.2) is 36.4 Å². The standard InChI is InChI=1S/C21H22F2N2O2/c1-13-18(25-10-2-3-11-25)9-8-16-17(12-19(26)24-20(13)16)14-4-6-15(7-5-14)27-21(22)23/h4-9,17,21H,2-3,10-12H2,1H3,(H,24,26). The van der Waals surface area contributed by atoms with E-state index in [1.54, 1.807) is 12.1 Å². The number of amides is 1. The van der Waals surface area contributed by atoms with Gasteiger partial charge in [-0.2, -0.15) is 8.78 Å². The minimum absolute atomic E-state index is 0.0259. The summed E-state index contributed by atoms with van der Waals surface area (Å²) >= 11 is 0. The number of alkyl halides is 2. The fourth-order valence-electron chi connectivity index (χ4n) is 4.14. The number of halogens is 2. The van der Waals surface area contributed by atoms with Crippen molar-refractivity contribution in [1.82, 2.24) is 0 Å². The number of benzene rings is 2. The first kappa shape index (κ1) is 17.8. The molecular weight excluding hydrogens is 350 g/mol. The summed E-state index contributed by atoms with van der Waals surface area (Å²) in [4.78, 5) is 14.7. The highest BCUT2D eigenvalue weighted by Gasteiger charge is 2.29. The number of fused-ring (bicyclic) bond motifs is 1. The Kier molecular flexibility index (Phi) is 4.72. The Morgan fingerprint density at radius 1 is 1.11 bits per heavy atom. The van der Waals surface area contributed by atoms with E-state index in [4.69, 9.17) is 0 Å². The molecule has 0 bridgehead atoms. The highest BCUT2D eigenvalue weighted by atomic mass is 19.3. The molecular formula is C21H22F2N2O2. The molecule has 0 aromatic heterocycles. The molecule has 2 heterocycles. The van der Waals surface area contributed by atoms with Gasteiger partial charge in [-0.15, -0.1) is 0 Å². The Balaban J connectivity index is 1.68. The van der Waals surface area contributed by atoms with Crippen molar-refractivity contribution in [3.63, 3.8) is 0 Å². The maximum atomic E-state index is 12.4. The van der Waals surface area contributed by atoms with Crippen molar-refractivity contribution in [3.05, 3.63) is 53.1 Å². The van der Waals surface area contributed by atoms with Crippen LogP contribution in [0.5, 0.6) is 5.75 Å². The molecule has 2 aromatic rings. The van der Waals surface area contributed by atoms with Gasteiger partial charge in [-0.3, -0.25) is 4.79 Å². The molecule has 4 nitrogen and oxygen atoms in total. The third-order valence-electron chi connectivity index (χ3n) is 5.45. The van der Waals surface area contributed by atoms with Crippen LogP contribution in [0.2, 0.25) is 0 Å². The van der Waals surface area contributed by atoms with Crippen molar-refractivity contribution < 1.29 is 18.3 Å². The number of rotatable bonds is 4. The van der Waals surface area contributed by atoms with Crippen LogP contribution in [0.25, 0.3) is 0 Å². The van der Waals surface area contributed by atoms with Crippen LogP contribution in [0, 0.1) is 6.92 Å². The Bertz CT molecular complexity index is 846. The van der Waals surface area contributed by atoms with E-state index in [1.807, 2.05) is 0 Å². The average molecular weight is 372 g/mol. The van der Waals surface area contributed by atoms with Gasteiger partial charge in [0.1, 0.15) is 5.75 Å². The van der Waals surface area contributed by atoms with E-state index in [1.165, 1.54) is 30.7 Å². The minimum atomic E-state index is -2.84. The van der Waals surface area contributed by atoms with Crippen LogP contribution in [0.3, 0.4) is 0 Å². The van der Waals surface area contributed by atoms with E-state index in [9.17, 15) is 13.6 Å². The Morgan fingerprint density at radius 3 is 2.48 bits per heavy atom. The first-order valence-corrected chi connectivity index (χ1v) is 9.26. The molecule has 1 fully saturated rings. The van der Waals surface area contributed by atoms with Crippen LogP contribution in [0.1, 0.15) is 41.9 Å². The van der Waals surface area contributed by atoms with E-state index < -0.39 is 6.61 Å². The van der Waals surface area contributed by atoms with Gasteiger partial charge in [0.05, 0.1) is 0 Å². The largest absolute Gasteiger partial charge is 0.435 e. The number of hydrogen-bond acceptors (Lipinski definition) is 3. The highest BCUT2D eigenvalue weighted by Crippen LogP contribution is 2.42. The Morgan fingerprint density at radius 2 is 1.81 bits per heavy atom. The maximum Gasteiger partial charge on any atom is 0.387 e. The molecule has 1 N–H and O–H groups in total. The second-order valence-electron chi connectivity index (χ2n) is 7.12. The molecule has 0 radical (unpaired) electrons. The van der Waals surface area contributed by atoms with Gasteiger partial charge >= 0.3 is 6.61 Å². The topological polar surface area (TPSA) is 41.6 Å². The normalized spacial score (nSPS) is 19.2. The summed E-state index contributed by atoms with van der Waals surface area (Å²) in [6.45, 7) is 1.30. The Hall–Kier alpha value is -2.63. The lowest BCUT2D eigenvalue weighted by Gasteiger charge is -2.30. The molecule has 1 saturated heterocycles. The van der Waals surface area contributed by atoms with Gasteiger partial charge in [0.25, 0.3) is 0 Å². The molecule has 1 unspecified atom stereocenters. The van der Waals surface area contributed by atoms with Crippen LogP contribution in [-0.2, 0) is 4.79 Å². The lowest BCUT2D eigenvalue weighted by molar-refractivity contribution is -0.116. The maximum absolute atomic E-state index is 12.4. The summed E-state index contributed by atoms with van der Waals surface area (Å²) in [5, 5.41) is 3.04. The van der Waals surface area contributed by atoms with Crippen molar-refractivity contribution in [2.24, 2.45) is 0 Å². The lowest BCUT2D eigenvalue weighted by Crippen LogP contribution is -2.26. The van der Waals surface area contributed by atoms with Crippen molar-refractivity contribution in [2.45, 2.75) is 38.7 Å². The van der Waals surface area contributed by atoms with E-state index in [2.05, 4.69) is 34.0 Å². The summed E-state index contributed by atoms with van der Waals surface area (Å²) in [6, 6.07) is 10.8. The van der Waals surface area contributed by atoms with E-state index in [0.717, 1.165) is 35.5 Å². The molecule has 1 atom stereocenters. The monoisotopic (exact) mass is 372 g/mol. The number of ether oxygens (including phenoxy) is 1. The number of hydrogen-bond donors (Lipinski definition) is 1. The van der Waals surface area contributed by atoms with Gasteiger partial charge in [-0.05, 0) is 54.7 Å². The molecule has 6 heteroatoms. The van der Waals surface area contributed by atoms with E-state index in [-0.39, 0.29) is 17.6 Å². The van der Waals surface area contributed by atoms with Gasteiger partial charge in [0.15, 0.2) is 0 Å². The summed E-state index contributed by atoms with van der Waals surface area (Å²) in [7, 11) is 0. The third kappa shape index (κ3) is 3.48. The molecule has 4 rings (SSSR count). The van der Waals surface area contributed by atoms with Crippen molar-refractivity contribution in [2.75, 3.05) is 23.3 Å². The number of nitrogens with one attached hydrogen (secondary N) is 1. The Labute approximate surface area is 157 Å². The first-order valence-electron chi connectivity index (χ1n) is 9.26. The third-order valence-corrected chi connectivity index (χ3v) is 5.45. The van der Waals surface area contributed by atoms with Crippen LogP contribution >= 0.6 is 0 Å². The summed E-state index contributed by atoms with van der Waals surface area (Å²) < 4.78 is 29.1. The zero-order valence-corrected chi connectivity index (χ0v) is 15.2. The fourth-order valence-corrected chi connectivity index (χ4v) is 4.14. The van der Waals surface area contributed by atoms with Gasteiger partial charge in [-0.25, -0.2) is 0 Å². The fraction of sp³-hybridized carbons (Fsp3) is 0.381. The second kappa shape index (κ2) is 7.18. The summed E-state index contributed by atoms with van der Waals surface area (Å²) in [5.41, 5.74) is 5.13. The molecule has 1 amide bonds. The van der Waals surface area contributed by atoms with Crippen LogP contribution in [0.4, 0.5) is 20.2 Å². The van der Waals surface area contributed by atoms with E-state index >= 15 is 0 Å². The molecule has 2 aromatic carbocycles. The predicted octanol–water partition coefficient (Wildman–Crippen LogP) is 4.67. The zero-order chi connectivity index (χ0) is 19.0. The number of carbonyl (C=O) groups excluding carboxylic acids is 1. The smallest absolute Gasteiger partial charge is 0.387 e. The average Bonchev–Trinajstić information content (AvgIpc) is 3.16. The SMILES string of the molecule is Cc1c(N2CCCC2)ccc2c1NC(=O)CC2c1ccc(OC(F)F)cc1. The highest BCUT2D eigenvalue weighted by molar-refractivity contribution is 5.97. The summed E-state index contributed by atoms with van der Waals surface area (Å²) in [6.07, 6.45) is 2.72. The number of carbonyl (C=O) groups is 1.